The highest BCUT2D eigenvalue weighted by atomic mass is 35.6. The molecule has 0 aliphatic heterocycles. The van der Waals surface area contributed by atoms with E-state index < -0.39 is 3.79 Å². The number of H-pyrrole nitrogens is 1. The van der Waals surface area contributed by atoms with Crippen molar-refractivity contribution in [3.8, 4) is 5.75 Å². The Morgan fingerprint density at radius 1 is 1.17 bits per heavy atom. The summed E-state index contributed by atoms with van der Waals surface area (Å²) in [7, 11) is 0. The van der Waals surface area contributed by atoms with E-state index in [0.717, 1.165) is 0 Å². The highest BCUT2D eigenvalue weighted by Crippen LogP contribution is 2.42. The third kappa shape index (κ3) is 3.96. The Hall–Kier alpha value is -0.0600. The Labute approximate surface area is 159 Å². The van der Waals surface area contributed by atoms with Crippen LogP contribution in [-0.2, 0) is 3.79 Å². The zero-order valence-electron chi connectivity index (χ0n) is 12.1. The van der Waals surface area contributed by atoms with Crippen molar-refractivity contribution in [1.82, 2.24) is 9.97 Å². The molecule has 1 fully saturated rings. The van der Waals surface area contributed by atoms with E-state index in [1.807, 2.05) is 0 Å². The summed E-state index contributed by atoms with van der Waals surface area (Å²) < 4.78 is 4.31. The number of halogens is 5. The van der Waals surface area contributed by atoms with Crippen LogP contribution < -0.4 is 4.74 Å². The van der Waals surface area contributed by atoms with Crippen molar-refractivity contribution >= 4 is 69.0 Å². The Kier molecular flexibility index (Phi) is 5.44. The monoisotopic (exact) mass is 414 g/mol. The molecule has 0 spiro atoms. The topological polar surface area (TPSA) is 37.9 Å². The van der Waals surface area contributed by atoms with Gasteiger partial charge in [0.2, 0.25) is 3.79 Å². The lowest BCUT2D eigenvalue weighted by atomic mass is 9.90. The summed E-state index contributed by atoms with van der Waals surface area (Å²) in [4.78, 5) is 7.28. The molecule has 1 saturated carbocycles. The van der Waals surface area contributed by atoms with Crippen LogP contribution in [0.3, 0.4) is 0 Å². The van der Waals surface area contributed by atoms with Crippen molar-refractivity contribution in [3.05, 3.63) is 21.9 Å². The van der Waals surface area contributed by atoms with Gasteiger partial charge in [0.15, 0.2) is 11.6 Å². The van der Waals surface area contributed by atoms with Gasteiger partial charge in [-0.15, -0.1) is 0 Å². The number of nitrogens with one attached hydrogen (secondary N) is 1. The van der Waals surface area contributed by atoms with Gasteiger partial charge in [0.1, 0.15) is 10.5 Å². The number of alkyl halides is 3. The van der Waals surface area contributed by atoms with Crippen molar-refractivity contribution in [2.45, 2.75) is 35.9 Å². The van der Waals surface area contributed by atoms with E-state index in [1.165, 1.54) is 32.1 Å². The molecule has 126 valence electrons. The molecule has 0 bridgehead atoms. The molecule has 1 aliphatic rings. The van der Waals surface area contributed by atoms with E-state index in [0.29, 0.717) is 39.4 Å². The molecule has 0 atom stereocenters. The molecule has 3 nitrogen and oxygen atoms in total. The summed E-state index contributed by atoms with van der Waals surface area (Å²) in [5.74, 6) is 1.18. The molecular formula is C15H15Cl5N2O. The van der Waals surface area contributed by atoms with Crippen LogP contribution in [0.4, 0.5) is 0 Å². The first-order valence-corrected chi connectivity index (χ1v) is 9.33. The van der Waals surface area contributed by atoms with E-state index in [2.05, 4.69) is 9.97 Å². The number of nitrogens with zero attached hydrogens (tertiary/aromatic N) is 1. The first-order chi connectivity index (χ1) is 10.9. The minimum absolute atomic E-state index is 0.207. The van der Waals surface area contributed by atoms with Crippen molar-refractivity contribution in [2.24, 2.45) is 5.92 Å². The van der Waals surface area contributed by atoms with Crippen molar-refractivity contribution in [3.63, 3.8) is 0 Å². The van der Waals surface area contributed by atoms with Crippen LogP contribution in [0.2, 0.25) is 10.0 Å². The smallest absolute Gasteiger partial charge is 0.248 e. The maximum absolute atomic E-state index is 6.30. The maximum Gasteiger partial charge on any atom is 0.248 e. The number of aromatic nitrogens is 2. The van der Waals surface area contributed by atoms with Gasteiger partial charge in [-0.2, -0.15) is 0 Å². The standard InChI is InChI=1S/C15H15Cl5N2O/c16-9-6-10-12(22-14(21-10)15(18,19)20)13(11(9)17)23-7-8-4-2-1-3-5-8/h6,8H,1-5,7H2,(H,21,22). The van der Waals surface area contributed by atoms with E-state index in [4.69, 9.17) is 62.7 Å². The van der Waals surface area contributed by atoms with Crippen LogP contribution in [0.5, 0.6) is 5.75 Å². The van der Waals surface area contributed by atoms with Crippen LogP contribution in [-0.4, -0.2) is 16.6 Å². The average Bonchev–Trinajstić information content (AvgIpc) is 2.92. The number of hydrogen-bond acceptors (Lipinski definition) is 2. The zero-order valence-corrected chi connectivity index (χ0v) is 15.9. The van der Waals surface area contributed by atoms with Gasteiger partial charge in [0, 0.05) is 0 Å². The van der Waals surface area contributed by atoms with Gasteiger partial charge in [-0.3, -0.25) is 0 Å². The lowest BCUT2D eigenvalue weighted by molar-refractivity contribution is 0.210. The van der Waals surface area contributed by atoms with Gasteiger partial charge in [-0.25, -0.2) is 4.98 Å². The summed E-state index contributed by atoms with van der Waals surface area (Å²) in [5.41, 5.74) is 1.15. The summed E-state index contributed by atoms with van der Waals surface area (Å²) >= 11 is 30.2. The molecule has 1 aromatic carbocycles. The number of benzene rings is 1. The molecule has 0 amide bonds. The third-order valence-corrected chi connectivity index (χ3v) is 5.39. The predicted octanol–water partition coefficient (Wildman–Crippen LogP) is 6.66. The molecule has 1 heterocycles. The third-order valence-electron chi connectivity index (χ3n) is 4.08. The highest BCUT2D eigenvalue weighted by molar-refractivity contribution is 6.66. The number of rotatable bonds is 3. The lowest BCUT2D eigenvalue weighted by Gasteiger charge is -2.22. The Morgan fingerprint density at radius 3 is 2.52 bits per heavy atom. The average molecular weight is 417 g/mol. The van der Waals surface area contributed by atoms with Crippen LogP contribution in [0.15, 0.2) is 6.07 Å². The highest BCUT2D eigenvalue weighted by Gasteiger charge is 2.29. The normalized spacial score (nSPS) is 16.9. The molecule has 3 rings (SSSR count). The zero-order chi connectivity index (χ0) is 16.6. The molecule has 0 unspecified atom stereocenters. The van der Waals surface area contributed by atoms with Crippen LogP contribution in [0.1, 0.15) is 37.9 Å². The molecule has 1 aliphatic carbocycles. The van der Waals surface area contributed by atoms with Crippen LogP contribution in [0.25, 0.3) is 11.0 Å². The molecule has 8 heteroatoms. The van der Waals surface area contributed by atoms with Crippen LogP contribution >= 0.6 is 58.0 Å². The summed E-state index contributed by atoms with van der Waals surface area (Å²) in [6.07, 6.45) is 6.12. The fourth-order valence-electron chi connectivity index (χ4n) is 2.89. The molecule has 0 radical (unpaired) electrons. The molecular weight excluding hydrogens is 401 g/mol. The molecule has 1 N–H and O–H groups in total. The fraction of sp³-hybridized carbons (Fsp3) is 0.533. The van der Waals surface area contributed by atoms with Gasteiger partial charge < -0.3 is 9.72 Å². The molecule has 0 saturated heterocycles. The van der Waals surface area contributed by atoms with Crippen LogP contribution in [0, 0.1) is 5.92 Å². The van der Waals surface area contributed by atoms with Gasteiger partial charge in [-0.05, 0) is 24.8 Å². The van der Waals surface area contributed by atoms with Gasteiger partial charge in [0.25, 0.3) is 0 Å². The molecule has 23 heavy (non-hydrogen) atoms. The Balaban J connectivity index is 1.93. The van der Waals surface area contributed by atoms with E-state index in [9.17, 15) is 0 Å². The Morgan fingerprint density at radius 2 is 1.87 bits per heavy atom. The second-order valence-corrected chi connectivity index (χ2v) is 8.86. The SMILES string of the molecule is Clc1cc2[nH]c(C(Cl)(Cl)Cl)nc2c(OCC2CCCCC2)c1Cl. The maximum atomic E-state index is 6.30. The van der Waals surface area contributed by atoms with Crippen molar-refractivity contribution < 1.29 is 4.74 Å². The van der Waals surface area contributed by atoms with Gasteiger partial charge in [0.05, 0.1) is 17.1 Å². The lowest BCUT2D eigenvalue weighted by Crippen LogP contribution is -2.15. The van der Waals surface area contributed by atoms with Gasteiger partial charge in [-0.1, -0.05) is 77.3 Å². The summed E-state index contributed by atoms with van der Waals surface area (Å²) in [5, 5.41) is 0.703. The minimum atomic E-state index is -1.65. The Bertz CT molecular complexity index is 704. The van der Waals surface area contributed by atoms with Gasteiger partial charge >= 0.3 is 0 Å². The van der Waals surface area contributed by atoms with E-state index in [1.54, 1.807) is 6.07 Å². The minimum Gasteiger partial charge on any atom is -0.489 e. The molecule has 2 aromatic rings. The predicted molar refractivity (Wildman–Crippen MR) is 97.4 cm³/mol. The number of hydrogen-bond donors (Lipinski definition) is 1. The number of fused-ring (bicyclic) bond motifs is 1. The summed E-state index contributed by atoms with van der Waals surface area (Å²) in [6, 6.07) is 1.65. The second-order valence-electron chi connectivity index (χ2n) is 5.80. The second kappa shape index (κ2) is 7.05. The first kappa shape index (κ1) is 17.8. The quantitative estimate of drug-likeness (QED) is 0.569. The first-order valence-electron chi connectivity index (χ1n) is 7.44. The fourth-order valence-corrected chi connectivity index (χ4v) is 3.55. The summed E-state index contributed by atoms with van der Waals surface area (Å²) in [6.45, 7) is 0.588. The van der Waals surface area contributed by atoms with E-state index >= 15 is 0 Å². The van der Waals surface area contributed by atoms with Crippen molar-refractivity contribution in [1.29, 1.82) is 0 Å². The molecule has 1 aromatic heterocycles. The van der Waals surface area contributed by atoms with E-state index in [-0.39, 0.29) is 5.82 Å². The number of ether oxygens (including phenoxy) is 1. The number of imidazole rings is 1. The van der Waals surface area contributed by atoms with Crippen molar-refractivity contribution in [2.75, 3.05) is 6.61 Å². The largest absolute Gasteiger partial charge is 0.489 e. The number of aromatic amines is 1.